The molecule has 1 fully saturated rings. The number of likely N-dealkylation sites (N-methyl/N-ethyl adjacent to an activating group) is 1. The largest absolute Gasteiger partial charge is 0.340 e. The third-order valence-electron chi connectivity index (χ3n) is 2.17. The number of hydrogen-bond donors (Lipinski definition) is 1. The lowest BCUT2D eigenvalue weighted by Crippen LogP contribution is -2.32. The van der Waals surface area contributed by atoms with Crippen LogP contribution in [0, 0.1) is 5.41 Å². The number of aliphatic imine (C=N–C) groups is 1. The Labute approximate surface area is 73.4 Å². The molecule has 1 aliphatic heterocycles. The Hall–Kier alpha value is -0.900. The molecule has 1 aliphatic rings. The minimum Gasteiger partial charge on any atom is -0.340 e. The molecule has 0 aromatic heterocycles. The predicted molar refractivity (Wildman–Crippen MR) is 51.0 cm³/mol. The molecule has 1 N–H and O–H groups in total. The van der Waals surface area contributed by atoms with Gasteiger partial charge in [0.05, 0.1) is 0 Å². The van der Waals surface area contributed by atoms with Crippen LogP contribution < -0.4 is 0 Å². The van der Waals surface area contributed by atoms with Crippen LogP contribution >= 0.6 is 0 Å². The second-order valence-corrected chi connectivity index (χ2v) is 3.13. The van der Waals surface area contributed by atoms with Crippen LogP contribution in [-0.2, 0) is 0 Å². The molecule has 0 aromatic rings. The first kappa shape index (κ1) is 9.19. The Morgan fingerprint density at radius 1 is 1.33 bits per heavy atom. The molecule has 0 unspecified atom stereocenters. The third-order valence-corrected chi connectivity index (χ3v) is 2.17. The maximum atomic E-state index is 7.47. The molecule has 0 amide bonds. The number of hydrogen-bond acceptors (Lipinski definition) is 2. The molecular weight excluding hydrogens is 152 g/mol. The van der Waals surface area contributed by atoms with Crippen molar-refractivity contribution < 1.29 is 0 Å². The Bertz CT molecular complexity index is 178. The lowest BCUT2D eigenvalue weighted by Gasteiger charge is -2.19. The van der Waals surface area contributed by atoms with Gasteiger partial charge in [-0.15, -0.1) is 0 Å². The van der Waals surface area contributed by atoms with Crippen molar-refractivity contribution in [2.75, 3.05) is 33.2 Å². The van der Waals surface area contributed by atoms with E-state index in [4.69, 9.17) is 5.41 Å². The van der Waals surface area contributed by atoms with Crippen LogP contribution in [0.25, 0.3) is 0 Å². The maximum Gasteiger partial charge on any atom is 0.217 e. The van der Waals surface area contributed by atoms with Crippen LogP contribution in [0.2, 0.25) is 0 Å². The summed E-state index contributed by atoms with van der Waals surface area (Å²) in [5, 5.41) is 7.47. The fourth-order valence-corrected chi connectivity index (χ4v) is 1.36. The quantitative estimate of drug-likeness (QED) is 0.416. The van der Waals surface area contributed by atoms with Gasteiger partial charge in [-0.2, -0.15) is 0 Å². The molecule has 4 nitrogen and oxygen atoms in total. The lowest BCUT2D eigenvalue weighted by molar-refractivity contribution is 0.345. The first-order chi connectivity index (χ1) is 5.74. The molecule has 1 saturated heterocycles. The van der Waals surface area contributed by atoms with Crippen molar-refractivity contribution >= 4 is 12.7 Å². The van der Waals surface area contributed by atoms with Gasteiger partial charge < -0.3 is 9.80 Å². The Morgan fingerprint density at radius 2 is 2.08 bits per heavy atom. The van der Waals surface area contributed by atoms with E-state index in [2.05, 4.69) is 23.7 Å². The number of guanidine groups is 1. The van der Waals surface area contributed by atoms with Crippen molar-refractivity contribution in [1.82, 2.24) is 9.80 Å². The maximum absolute atomic E-state index is 7.47. The van der Waals surface area contributed by atoms with E-state index in [1.165, 1.54) is 0 Å². The highest BCUT2D eigenvalue weighted by molar-refractivity contribution is 5.81. The Morgan fingerprint density at radius 3 is 2.75 bits per heavy atom. The summed E-state index contributed by atoms with van der Waals surface area (Å²) in [7, 11) is 2.11. The molecule has 0 aromatic carbocycles. The van der Waals surface area contributed by atoms with E-state index in [9.17, 15) is 0 Å². The number of nitrogens with one attached hydrogen (secondary N) is 1. The van der Waals surface area contributed by atoms with Crippen molar-refractivity contribution in [3.8, 4) is 0 Å². The van der Waals surface area contributed by atoms with Gasteiger partial charge in [-0.1, -0.05) is 0 Å². The van der Waals surface area contributed by atoms with Gasteiger partial charge in [0, 0.05) is 19.6 Å². The molecule has 4 heteroatoms. The first-order valence-electron chi connectivity index (χ1n) is 4.23. The van der Waals surface area contributed by atoms with Crippen molar-refractivity contribution in [2.45, 2.75) is 6.42 Å². The summed E-state index contributed by atoms with van der Waals surface area (Å²) in [5.41, 5.74) is 0. The second-order valence-electron chi connectivity index (χ2n) is 3.13. The molecule has 0 aliphatic carbocycles. The molecule has 68 valence electrons. The molecule has 1 heterocycles. The number of nitrogens with zero attached hydrogens (tertiary/aromatic N) is 3. The zero-order valence-corrected chi connectivity index (χ0v) is 7.58. The average Bonchev–Trinajstić information content (AvgIpc) is 2.29. The van der Waals surface area contributed by atoms with E-state index in [0.29, 0.717) is 5.96 Å². The highest BCUT2D eigenvalue weighted by Gasteiger charge is 2.12. The van der Waals surface area contributed by atoms with Crippen LogP contribution in [0.15, 0.2) is 4.99 Å². The smallest absolute Gasteiger partial charge is 0.217 e. The van der Waals surface area contributed by atoms with Gasteiger partial charge in [0.2, 0.25) is 5.96 Å². The SMILES string of the molecule is C=NC(=N)N1CCCN(C)CC1. The van der Waals surface area contributed by atoms with Crippen LogP contribution in [-0.4, -0.2) is 55.7 Å². The predicted octanol–water partition coefficient (Wildman–Crippen LogP) is 0.259. The van der Waals surface area contributed by atoms with Crippen molar-refractivity contribution in [1.29, 1.82) is 5.41 Å². The topological polar surface area (TPSA) is 42.7 Å². The van der Waals surface area contributed by atoms with Crippen LogP contribution in [0.4, 0.5) is 0 Å². The summed E-state index contributed by atoms with van der Waals surface area (Å²) in [6, 6.07) is 0. The van der Waals surface area contributed by atoms with Crippen LogP contribution in [0.3, 0.4) is 0 Å². The van der Waals surface area contributed by atoms with E-state index >= 15 is 0 Å². The Balaban J connectivity index is 2.45. The molecule has 0 spiro atoms. The van der Waals surface area contributed by atoms with Gasteiger partial charge in [-0.05, 0) is 26.7 Å². The third kappa shape index (κ3) is 2.30. The van der Waals surface area contributed by atoms with E-state index in [-0.39, 0.29) is 0 Å². The van der Waals surface area contributed by atoms with Gasteiger partial charge in [-0.25, -0.2) is 4.99 Å². The monoisotopic (exact) mass is 168 g/mol. The van der Waals surface area contributed by atoms with Gasteiger partial charge in [0.25, 0.3) is 0 Å². The molecular formula is C8H16N4. The van der Waals surface area contributed by atoms with Gasteiger partial charge >= 0.3 is 0 Å². The summed E-state index contributed by atoms with van der Waals surface area (Å²) < 4.78 is 0. The summed E-state index contributed by atoms with van der Waals surface area (Å²) in [6.07, 6.45) is 1.11. The molecule has 1 rings (SSSR count). The number of rotatable bonds is 0. The summed E-state index contributed by atoms with van der Waals surface area (Å²) in [4.78, 5) is 7.86. The van der Waals surface area contributed by atoms with E-state index in [1.807, 2.05) is 4.90 Å². The second kappa shape index (κ2) is 4.21. The fraction of sp³-hybridized carbons (Fsp3) is 0.750. The van der Waals surface area contributed by atoms with E-state index in [1.54, 1.807) is 0 Å². The fourth-order valence-electron chi connectivity index (χ4n) is 1.36. The normalized spacial score (nSPS) is 20.2. The standard InChI is InChI=1S/C8H16N4/c1-10-8(9)12-5-3-4-11(2)6-7-12/h9H,1,3-7H2,2H3. The van der Waals surface area contributed by atoms with E-state index in [0.717, 1.165) is 32.6 Å². The summed E-state index contributed by atoms with van der Waals surface area (Å²) in [6.45, 7) is 7.31. The zero-order valence-electron chi connectivity index (χ0n) is 7.58. The van der Waals surface area contributed by atoms with E-state index < -0.39 is 0 Å². The molecule has 12 heavy (non-hydrogen) atoms. The highest BCUT2D eigenvalue weighted by Crippen LogP contribution is 2.01. The molecule has 0 bridgehead atoms. The minimum absolute atomic E-state index is 0.310. The minimum atomic E-state index is 0.310. The molecule has 0 saturated carbocycles. The lowest BCUT2D eigenvalue weighted by atomic mass is 10.4. The summed E-state index contributed by atoms with van der Waals surface area (Å²) in [5.74, 6) is 0.310. The van der Waals surface area contributed by atoms with Crippen LogP contribution in [0.1, 0.15) is 6.42 Å². The van der Waals surface area contributed by atoms with Crippen molar-refractivity contribution in [3.63, 3.8) is 0 Å². The first-order valence-corrected chi connectivity index (χ1v) is 4.23. The Kier molecular flexibility index (Phi) is 3.22. The van der Waals surface area contributed by atoms with Gasteiger partial charge in [-0.3, -0.25) is 5.41 Å². The summed E-state index contributed by atoms with van der Waals surface area (Å²) >= 11 is 0. The van der Waals surface area contributed by atoms with Crippen molar-refractivity contribution in [3.05, 3.63) is 0 Å². The molecule has 0 radical (unpaired) electrons. The van der Waals surface area contributed by atoms with Crippen molar-refractivity contribution in [2.24, 2.45) is 4.99 Å². The van der Waals surface area contributed by atoms with Gasteiger partial charge in [0.15, 0.2) is 0 Å². The molecule has 0 atom stereocenters. The van der Waals surface area contributed by atoms with Crippen LogP contribution in [0.5, 0.6) is 0 Å². The average molecular weight is 168 g/mol. The highest BCUT2D eigenvalue weighted by atomic mass is 15.3. The van der Waals surface area contributed by atoms with Gasteiger partial charge in [0.1, 0.15) is 0 Å². The zero-order chi connectivity index (χ0) is 8.97.